The molecule has 1 fully saturated rings. The first-order valence-electron chi connectivity index (χ1n) is 7.74. The summed E-state index contributed by atoms with van der Waals surface area (Å²) in [5.74, 6) is 0.133. The van der Waals surface area contributed by atoms with Gasteiger partial charge in [0.1, 0.15) is 0 Å². The second-order valence-electron chi connectivity index (χ2n) is 5.64. The first-order valence-corrected chi connectivity index (χ1v) is 7.74. The number of rotatable bonds is 6. The van der Waals surface area contributed by atoms with Gasteiger partial charge in [-0.05, 0) is 39.7 Å². The Hall–Kier alpha value is -1.10. The lowest BCUT2D eigenvalue weighted by Gasteiger charge is -2.38. The average molecular weight is 283 g/mol. The maximum Gasteiger partial charge on any atom is 0.242 e. The van der Waals surface area contributed by atoms with Gasteiger partial charge in [0.15, 0.2) is 0 Å². The standard InChI is InChI=1S/C15H29N3O2/c1-5-15(9-8-10-16-12-15)14(20)17(4)11-13(19)18(6-2)7-3/h16H,5-12H2,1-4H3. The highest BCUT2D eigenvalue weighted by Gasteiger charge is 2.40. The Balaban J connectivity index is 2.67. The summed E-state index contributed by atoms with van der Waals surface area (Å²) >= 11 is 0. The van der Waals surface area contributed by atoms with Gasteiger partial charge in [-0.1, -0.05) is 6.92 Å². The van der Waals surface area contributed by atoms with Gasteiger partial charge in [-0.15, -0.1) is 0 Å². The van der Waals surface area contributed by atoms with Crippen LogP contribution in [0.25, 0.3) is 0 Å². The minimum atomic E-state index is -0.323. The van der Waals surface area contributed by atoms with E-state index in [0.717, 1.165) is 32.4 Å². The van der Waals surface area contributed by atoms with Gasteiger partial charge in [0.05, 0.1) is 12.0 Å². The van der Waals surface area contributed by atoms with Crippen molar-refractivity contribution in [2.45, 2.75) is 40.0 Å². The van der Waals surface area contributed by atoms with Gasteiger partial charge >= 0.3 is 0 Å². The summed E-state index contributed by atoms with van der Waals surface area (Å²) in [5.41, 5.74) is -0.323. The van der Waals surface area contributed by atoms with Crippen molar-refractivity contribution in [3.63, 3.8) is 0 Å². The molecule has 1 N–H and O–H groups in total. The zero-order valence-corrected chi connectivity index (χ0v) is 13.4. The molecule has 116 valence electrons. The van der Waals surface area contributed by atoms with Crippen LogP contribution >= 0.6 is 0 Å². The Bertz CT molecular complexity index is 334. The molecule has 1 aliphatic rings. The Morgan fingerprint density at radius 2 is 1.85 bits per heavy atom. The van der Waals surface area contributed by atoms with Gasteiger partial charge in [-0.3, -0.25) is 9.59 Å². The molecular formula is C15H29N3O2. The highest BCUT2D eigenvalue weighted by molar-refractivity contribution is 5.88. The summed E-state index contributed by atoms with van der Waals surface area (Å²) in [4.78, 5) is 28.2. The first kappa shape index (κ1) is 17.0. The molecule has 1 atom stereocenters. The van der Waals surface area contributed by atoms with Crippen LogP contribution in [0.1, 0.15) is 40.0 Å². The second-order valence-corrected chi connectivity index (χ2v) is 5.64. The third-order valence-electron chi connectivity index (χ3n) is 4.44. The number of nitrogens with zero attached hydrogens (tertiary/aromatic N) is 2. The summed E-state index contributed by atoms with van der Waals surface area (Å²) in [6.45, 7) is 9.26. The Kier molecular flexibility index (Phi) is 6.46. The molecule has 2 amide bonds. The molecule has 0 aromatic heterocycles. The molecule has 1 unspecified atom stereocenters. The molecule has 20 heavy (non-hydrogen) atoms. The van der Waals surface area contributed by atoms with Crippen LogP contribution in [0.2, 0.25) is 0 Å². The predicted octanol–water partition coefficient (Wildman–Crippen LogP) is 1.09. The molecule has 0 aromatic rings. The van der Waals surface area contributed by atoms with Crippen molar-refractivity contribution in [1.29, 1.82) is 0 Å². The van der Waals surface area contributed by atoms with Crippen LogP contribution in [0.4, 0.5) is 0 Å². The van der Waals surface area contributed by atoms with Crippen molar-refractivity contribution < 1.29 is 9.59 Å². The number of hydrogen-bond acceptors (Lipinski definition) is 3. The minimum Gasteiger partial charge on any atom is -0.342 e. The number of carbonyl (C=O) groups is 2. The molecule has 0 bridgehead atoms. The smallest absolute Gasteiger partial charge is 0.242 e. The summed E-state index contributed by atoms with van der Waals surface area (Å²) in [6.07, 6.45) is 2.76. The topological polar surface area (TPSA) is 52.7 Å². The van der Waals surface area contributed by atoms with E-state index in [4.69, 9.17) is 0 Å². The number of amides is 2. The van der Waals surface area contributed by atoms with Crippen LogP contribution in [0.15, 0.2) is 0 Å². The number of piperidine rings is 1. The van der Waals surface area contributed by atoms with E-state index in [0.29, 0.717) is 13.1 Å². The quantitative estimate of drug-likeness (QED) is 0.794. The molecule has 1 saturated heterocycles. The van der Waals surface area contributed by atoms with E-state index >= 15 is 0 Å². The molecule has 1 rings (SSSR count). The number of hydrogen-bond donors (Lipinski definition) is 1. The minimum absolute atomic E-state index is 0.0286. The van der Waals surface area contributed by atoms with Crippen LogP contribution in [-0.2, 0) is 9.59 Å². The van der Waals surface area contributed by atoms with Crippen LogP contribution < -0.4 is 5.32 Å². The van der Waals surface area contributed by atoms with E-state index < -0.39 is 0 Å². The SMILES string of the molecule is CCN(CC)C(=O)CN(C)C(=O)C1(CC)CCCNC1. The van der Waals surface area contributed by atoms with Crippen molar-refractivity contribution in [2.24, 2.45) is 5.41 Å². The number of carbonyl (C=O) groups excluding carboxylic acids is 2. The summed E-state index contributed by atoms with van der Waals surface area (Å²) < 4.78 is 0. The Morgan fingerprint density at radius 1 is 1.20 bits per heavy atom. The summed E-state index contributed by atoms with van der Waals surface area (Å²) in [6, 6.07) is 0. The summed E-state index contributed by atoms with van der Waals surface area (Å²) in [7, 11) is 1.75. The Labute approximate surface area is 122 Å². The van der Waals surface area contributed by atoms with Crippen molar-refractivity contribution >= 4 is 11.8 Å². The van der Waals surface area contributed by atoms with E-state index in [2.05, 4.69) is 12.2 Å². The van der Waals surface area contributed by atoms with E-state index in [9.17, 15) is 9.59 Å². The van der Waals surface area contributed by atoms with E-state index in [1.54, 1.807) is 16.8 Å². The molecule has 0 aromatic carbocycles. The zero-order valence-electron chi connectivity index (χ0n) is 13.4. The Morgan fingerprint density at radius 3 is 2.30 bits per heavy atom. The van der Waals surface area contributed by atoms with Crippen LogP contribution in [-0.4, -0.2) is 61.4 Å². The van der Waals surface area contributed by atoms with E-state index in [1.807, 2.05) is 13.8 Å². The first-order chi connectivity index (χ1) is 9.50. The van der Waals surface area contributed by atoms with E-state index in [-0.39, 0.29) is 23.8 Å². The fourth-order valence-corrected chi connectivity index (χ4v) is 2.96. The number of nitrogens with one attached hydrogen (secondary N) is 1. The third kappa shape index (κ3) is 3.72. The number of likely N-dealkylation sites (N-methyl/N-ethyl adjacent to an activating group) is 2. The maximum absolute atomic E-state index is 12.7. The highest BCUT2D eigenvalue weighted by atomic mass is 16.2. The van der Waals surface area contributed by atoms with Gasteiger partial charge in [0.2, 0.25) is 11.8 Å². The lowest BCUT2D eigenvalue weighted by Crippen LogP contribution is -2.52. The molecule has 0 saturated carbocycles. The molecule has 0 spiro atoms. The molecule has 1 aliphatic heterocycles. The van der Waals surface area contributed by atoms with Gasteiger partial charge in [-0.2, -0.15) is 0 Å². The lowest BCUT2D eigenvalue weighted by atomic mass is 9.77. The zero-order chi connectivity index (χ0) is 15.2. The molecule has 0 aliphatic carbocycles. The monoisotopic (exact) mass is 283 g/mol. The lowest BCUT2D eigenvalue weighted by molar-refractivity contribution is -0.147. The molecule has 5 heteroatoms. The highest BCUT2D eigenvalue weighted by Crippen LogP contribution is 2.31. The van der Waals surface area contributed by atoms with Crippen LogP contribution in [0.3, 0.4) is 0 Å². The van der Waals surface area contributed by atoms with Crippen molar-refractivity contribution in [1.82, 2.24) is 15.1 Å². The van der Waals surface area contributed by atoms with Gasteiger partial charge in [0.25, 0.3) is 0 Å². The van der Waals surface area contributed by atoms with Crippen LogP contribution in [0, 0.1) is 5.41 Å². The fraction of sp³-hybridized carbons (Fsp3) is 0.867. The van der Waals surface area contributed by atoms with Crippen molar-refractivity contribution in [2.75, 3.05) is 39.8 Å². The largest absolute Gasteiger partial charge is 0.342 e. The fourth-order valence-electron chi connectivity index (χ4n) is 2.96. The van der Waals surface area contributed by atoms with Crippen molar-refractivity contribution in [3.05, 3.63) is 0 Å². The van der Waals surface area contributed by atoms with Crippen LogP contribution in [0.5, 0.6) is 0 Å². The normalized spacial score (nSPS) is 22.4. The average Bonchev–Trinajstić information content (AvgIpc) is 2.48. The van der Waals surface area contributed by atoms with Gasteiger partial charge in [-0.25, -0.2) is 0 Å². The molecule has 1 heterocycles. The molecular weight excluding hydrogens is 254 g/mol. The molecule has 5 nitrogen and oxygen atoms in total. The van der Waals surface area contributed by atoms with E-state index in [1.165, 1.54) is 0 Å². The van der Waals surface area contributed by atoms with Gasteiger partial charge in [0, 0.05) is 26.7 Å². The third-order valence-corrected chi connectivity index (χ3v) is 4.44. The second kappa shape index (κ2) is 7.62. The van der Waals surface area contributed by atoms with Gasteiger partial charge < -0.3 is 15.1 Å². The maximum atomic E-state index is 12.7. The predicted molar refractivity (Wildman–Crippen MR) is 80.4 cm³/mol. The van der Waals surface area contributed by atoms with Crippen molar-refractivity contribution in [3.8, 4) is 0 Å². The molecule has 0 radical (unpaired) electrons. The summed E-state index contributed by atoms with van der Waals surface area (Å²) in [5, 5.41) is 3.32.